The summed E-state index contributed by atoms with van der Waals surface area (Å²) < 4.78 is 0. The summed E-state index contributed by atoms with van der Waals surface area (Å²) in [7, 11) is 0. The monoisotopic (exact) mass is 660 g/mol. The van der Waals surface area contributed by atoms with E-state index in [0.717, 1.165) is 25.7 Å². The van der Waals surface area contributed by atoms with Crippen molar-refractivity contribution in [1.29, 1.82) is 0 Å². The SMILES string of the molecule is C1=CC2C3=C(CCC=C3)C(c3ccccc3)=C3c4c(c(-c5ccccc5)c5cc6c7c(cccc7c5c4-c4ccccc4)C4=C6CCC=C4)C(=C1)C32. The maximum absolute atomic E-state index is 2.61. The molecule has 244 valence electrons. The first-order valence-electron chi connectivity index (χ1n) is 19.1. The minimum Gasteiger partial charge on any atom is -0.0839 e. The number of hydrogen-bond acceptors (Lipinski definition) is 0. The van der Waals surface area contributed by atoms with Gasteiger partial charge in [-0.2, -0.15) is 0 Å². The van der Waals surface area contributed by atoms with Crippen LogP contribution in [0.5, 0.6) is 0 Å². The lowest BCUT2D eigenvalue weighted by molar-refractivity contribution is 0.663. The van der Waals surface area contributed by atoms with Gasteiger partial charge in [-0.25, -0.2) is 0 Å². The molecule has 0 radical (unpaired) electrons. The van der Waals surface area contributed by atoms with Crippen LogP contribution in [0.25, 0.3) is 71.7 Å². The van der Waals surface area contributed by atoms with Crippen LogP contribution in [0.2, 0.25) is 0 Å². The molecule has 0 bridgehead atoms. The molecule has 52 heavy (non-hydrogen) atoms. The number of rotatable bonds is 3. The fourth-order valence-corrected chi connectivity index (χ4v) is 10.8. The topological polar surface area (TPSA) is 0 Å². The van der Waals surface area contributed by atoms with E-state index in [1.165, 1.54) is 111 Å². The fourth-order valence-electron chi connectivity index (χ4n) is 10.8. The van der Waals surface area contributed by atoms with E-state index in [1.54, 1.807) is 0 Å². The van der Waals surface area contributed by atoms with Gasteiger partial charge in [0.1, 0.15) is 0 Å². The molecule has 0 N–H and O–H groups in total. The van der Waals surface area contributed by atoms with Crippen molar-refractivity contribution in [3.05, 3.63) is 197 Å². The summed E-state index contributed by atoms with van der Waals surface area (Å²) in [6, 6.07) is 43.7. The minimum atomic E-state index is 0.255. The number of benzene rings is 6. The highest BCUT2D eigenvalue weighted by molar-refractivity contribution is 6.31. The molecule has 0 amide bonds. The summed E-state index contributed by atoms with van der Waals surface area (Å²) in [5.41, 5.74) is 22.9. The molecule has 0 aliphatic heterocycles. The lowest BCUT2D eigenvalue weighted by Crippen LogP contribution is -2.23. The van der Waals surface area contributed by atoms with Crippen molar-refractivity contribution in [1.82, 2.24) is 0 Å². The van der Waals surface area contributed by atoms with Gasteiger partial charge in [0.05, 0.1) is 0 Å². The summed E-state index contributed by atoms with van der Waals surface area (Å²) in [6.45, 7) is 0. The van der Waals surface area contributed by atoms with Crippen LogP contribution in [-0.2, 0) is 0 Å². The zero-order chi connectivity index (χ0) is 33.9. The first-order valence-corrected chi connectivity index (χ1v) is 19.1. The van der Waals surface area contributed by atoms with Crippen LogP contribution >= 0.6 is 0 Å². The minimum absolute atomic E-state index is 0.255. The van der Waals surface area contributed by atoms with Crippen molar-refractivity contribution < 1.29 is 0 Å². The molecule has 0 saturated carbocycles. The van der Waals surface area contributed by atoms with E-state index >= 15 is 0 Å². The normalized spacial score (nSPS) is 20.4. The Morgan fingerprint density at radius 1 is 0.519 bits per heavy atom. The Hall–Kier alpha value is -5.98. The van der Waals surface area contributed by atoms with Crippen LogP contribution in [0, 0.1) is 11.8 Å². The van der Waals surface area contributed by atoms with Gasteiger partial charge < -0.3 is 0 Å². The van der Waals surface area contributed by atoms with E-state index in [4.69, 9.17) is 0 Å². The van der Waals surface area contributed by atoms with Crippen molar-refractivity contribution in [3.63, 3.8) is 0 Å². The van der Waals surface area contributed by atoms with Gasteiger partial charge in [0, 0.05) is 11.8 Å². The summed E-state index contributed by atoms with van der Waals surface area (Å²) >= 11 is 0. The lowest BCUT2D eigenvalue weighted by Gasteiger charge is -2.37. The molecule has 6 aromatic carbocycles. The summed E-state index contributed by atoms with van der Waals surface area (Å²) in [5, 5.41) is 5.57. The van der Waals surface area contributed by atoms with Gasteiger partial charge >= 0.3 is 0 Å². The second-order valence-electron chi connectivity index (χ2n) is 15.2. The van der Waals surface area contributed by atoms with Gasteiger partial charge in [0.2, 0.25) is 0 Å². The zero-order valence-corrected chi connectivity index (χ0v) is 29.0. The standard InChI is InChI=1S/C52H36/c1-4-16-31(17-5-1)44-37-25-13-12-24-36(37)39-27-15-29-41-48(39)51(44)52-46(33-20-8-3-9-21-33)49-40-28-14-26-38-34-22-10-11-23-35(34)42(47(38)40)30-43(49)45(50(41)52)32-18-6-2-7-19-32/h1-10,12,14-22,24,26-30,39,48H,11,13,23,25H2. The average Bonchev–Trinajstić information content (AvgIpc) is 3.72. The molecule has 12 rings (SSSR count). The van der Waals surface area contributed by atoms with E-state index in [0.29, 0.717) is 5.92 Å². The van der Waals surface area contributed by atoms with E-state index < -0.39 is 0 Å². The lowest BCUT2D eigenvalue weighted by atomic mass is 9.65. The van der Waals surface area contributed by atoms with Crippen molar-refractivity contribution in [2.75, 3.05) is 0 Å². The third kappa shape index (κ3) is 3.72. The molecule has 0 heterocycles. The van der Waals surface area contributed by atoms with Gasteiger partial charge in [0.15, 0.2) is 0 Å². The number of fused-ring (bicyclic) bond motifs is 8. The summed E-state index contributed by atoms with van der Waals surface area (Å²) in [4.78, 5) is 0. The predicted molar refractivity (Wildman–Crippen MR) is 220 cm³/mol. The van der Waals surface area contributed by atoms with Gasteiger partial charge in [-0.1, -0.05) is 152 Å². The first-order chi connectivity index (χ1) is 25.9. The maximum Gasteiger partial charge on any atom is 0.0212 e. The summed E-state index contributed by atoms with van der Waals surface area (Å²) in [5.74, 6) is 0.571. The highest BCUT2D eigenvalue weighted by atomic mass is 14.5. The van der Waals surface area contributed by atoms with Crippen LogP contribution < -0.4 is 0 Å². The second-order valence-corrected chi connectivity index (χ2v) is 15.2. The van der Waals surface area contributed by atoms with Crippen LogP contribution in [0.1, 0.15) is 53.5 Å². The Kier molecular flexibility index (Phi) is 5.94. The van der Waals surface area contributed by atoms with Gasteiger partial charge in [-0.05, 0) is 142 Å². The van der Waals surface area contributed by atoms with E-state index in [2.05, 4.69) is 158 Å². The molecule has 0 aromatic heterocycles. The van der Waals surface area contributed by atoms with Gasteiger partial charge in [-0.3, -0.25) is 0 Å². The molecule has 2 unspecified atom stereocenters. The second kappa shape index (κ2) is 10.8. The van der Waals surface area contributed by atoms with Gasteiger partial charge in [0.25, 0.3) is 0 Å². The van der Waals surface area contributed by atoms with Crippen LogP contribution in [0.15, 0.2) is 169 Å². The van der Waals surface area contributed by atoms with Crippen molar-refractivity contribution in [3.8, 4) is 22.3 Å². The average molecular weight is 661 g/mol. The fraction of sp³-hybridized carbons (Fsp3) is 0.115. The Balaban J connectivity index is 1.36. The Morgan fingerprint density at radius 2 is 1.21 bits per heavy atom. The Bertz CT molecular complexity index is 2790. The molecule has 2 atom stereocenters. The van der Waals surface area contributed by atoms with Crippen molar-refractivity contribution in [2.45, 2.75) is 25.7 Å². The number of hydrogen-bond donors (Lipinski definition) is 0. The molecule has 0 saturated heterocycles. The van der Waals surface area contributed by atoms with Gasteiger partial charge in [-0.15, -0.1) is 0 Å². The smallest absolute Gasteiger partial charge is 0.0212 e. The van der Waals surface area contributed by atoms with E-state index in [1.807, 2.05) is 0 Å². The molecule has 0 heteroatoms. The maximum atomic E-state index is 2.61. The number of allylic oxidation sites excluding steroid dienone is 14. The predicted octanol–water partition coefficient (Wildman–Crippen LogP) is 13.7. The Morgan fingerprint density at radius 3 is 1.98 bits per heavy atom. The van der Waals surface area contributed by atoms with Crippen LogP contribution in [-0.4, -0.2) is 0 Å². The molecule has 6 aliphatic rings. The first kappa shape index (κ1) is 28.7. The quantitative estimate of drug-likeness (QED) is 0.166. The van der Waals surface area contributed by atoms with Crippen LogP contribution in [0.3, 0.4) is 0 Å². The molecular formula is C52H36. The Labute approximate surface area is 304 Å². The third-order valence-electron chi connectivity index (χ3n) is 12.7. The van der Waals surface area contributed by atoms with Crippen molar-refractivity contribution in [2.24, 2.45) is 11.8 Å². The summed E-state index contributed by atoms with van der Waals surface area (Å²) in [6.07, 6.45) is 21.3. The zero-order valence-electron chi connectivity index (χ0n) is 29.0. The molecular weight excluding hydrogens is 625 g/mol. The van der Waals surface area contributed by atoms with Crippen molar-refractivity contribution >= 4 is 49.4 Å². The highest BCUT2D eigenvalue weighted by Gasteiger charge is 2.47. The molecule has 0 spiro atoms. The van der Waals surface area contributed by atoms with Crippen LogP contribution in [0.4, 0.5) is 0 Å². The molecule has 6 aromatic rings. The van der Waals surface area contributed by atoms with E-state index in [9.17, 15) is 0 Å². The highest BCUT2D eigenvalue weighted by Crippen LogP contribution is 2.65. The third-order valence-corrected chi connectivity index (χ3v) is 12.7. The van der Waals surface area contributed by atoms with E-state index in [-0.39, 0.29) is 5.92 Å². The largest absolute Gasteiger partial charge is 0.0839 e. The molecule has 0 fully saturated rings. The molecule has 6 aliphatic carbocycles. The molecule has 0 nitrogen and oxygen atoms in total.